The first kappa shape index (κ1) is 17.6. The third kappa shape index (κ3) is 4.39. The van der Waals surface area contributed by atoms with Crippen molar-refractivity contribution in [3.8, 4) is 0 Å². The fourth-order valence-electron chi connectivity index (χ4n) is 1.94. The molecule has 0 atom stereocenters. The van der Waals surface area contributed by atoms with Gasteiger partial charge in [-0.05, 0) is 30.3 Å². The van der Waals surface area contributed by atoms with Crippen molar-refractivity contribution in [1.29, 1.82) is 0 Å². The van der Waals surface area contributed by atoms with E-state index in [4.69, 9.17) is 16.3 Å². The van der Waals surface area contributed by atoms with Crippen molar-refractivity contribution in [2.45, 2.75) is 6.92 Å². The molecule has 0 aliphatic rings. The van der Waals surface area contributed by atoms with Gasteiger partial charge in [0.15, 0.2) is 6.61 Å². The first-order chi connectivity index (χ1) is 11.4. The number of ketones is 1. The van der Waals surface area contributed by atoms with Crippen LogP contribution < -0.4 is 5.32 Å². The van der Waals surface area contributed by atoms with Gasteiger partial charge >= 0.3 is 5.97 Å². The molecule has 0 aliphatic carbocycles. The lowest BCUT2D eigenvalue weighted by Gasteiger charge is -2.08. The van der Waals surface area contributed by atoms with Crippen LogP contribution in [0, 0.1) is 5.82 Å². The molecule has 0 heterocycles. The van der Waals surface area contributed by atoms with Crippen LogP contribution in [0.25, 0.3) is 0 Å². The standard InChI is InChI=1S/C17H13ClFNO4/c1-10(21)20-11-6-7-13(15(19)8-11)16(22)9-24-17(23)12-4-2-3-5-14(12)18/h2-8H,9H2,1H3,(H,20,21). The largest absolute Gasteiger partial charge is 0.454 e. The van der Waals surface area contributed by atoms with Crippen LogP contribution in [0.2, 0.25) is 5.02 Å². The minimum Gasteiger partial charge on any atom is -0.454 e. The van der Waals surface area contributed by atoms with E-state index in [2.05, 4.69) is 5.32 Å². The molecule has 5 nitrogen and oxygen atoms in total. The highest BCUT2D eigenvalue weighted by molar-refractivity contribution is 6.33. The van der Waals surface area contributed by atoms with Gasteiger partial charge < -0.3 is 10.1 Å². The molecule has 0 saturated heterocycles. The molecule has 0 radical (unpaired) electrons. The lowest BCUT2D eigenvalue weighted by atomic mass is 10.1. The lowest BCUT2D eigenvalue weighted by molar-refractivity contribution is -0.114. The van der Waals surface area contributed by atoms with Crippen LogP contribution in [-0.4, -0.2) is 24.3 Å². The van der Waals surface area contributed by atoms with Gasteiger partial charge in [0.2, 0.25) is 11.7 Å². The van der Waals surface area contributed by atoms with E-state index in [1.807, 2.05) is 0 Å². The van der Waals surface area contributed by atoms with Crippen molar-refractivity contribution < 1.29 is 23.5 Å². The fourth-order valence-corrected chi connectivity index (χ4v) is 2.15. The highest BCUT2D eigenvalue weighted by Gasteiger charge is 2.17. The molecule has 0 spiro atoms. The Balaban J connectivity index is 2.04. The molecule has 124 valence electrons. The molecule has 0 aromatic heterocycles. The molecule has 2 aromatic rings. The number of hydrogen-bond donors (Lipinski definition) is 1. The van der Waals surface area contributed by atoms with Crippen LogP contribution in [0.1, 0.15) is 27.6 Å². The van der Waals surface area contributed by atoms with Crippen molar-refractivity contribution in [1.82, 2.24) is 0 Å². The summed E-state index contributed by atoms with van der Waals surface area (Å²) in [5.74, 6) is -2.66. The fraction of sp³-hybridized carbons (Fsp3) is 0.118. The van der Waals surface area contributed by atoms with E-state index in [1.54, 1.807) is 12.1 Å². The molecule has 1 N–H and O–H groups in total. The van der Waals surface area contributed by atoms with Crippen molar-refractivity contribution >= 4 is 34.9 Å². The molecule has 0 saturated carbocycles. The molecular formula is C17H13ClFNO4. The Morgan fingerprint density at radius 2 is 1.83 bits per heavy atom. The third-order valence-electron chi connectivity index (χ3n) is 3.02. The molecule has 0 aliphatic heterocycles. The summed E-state index contributed by atoms with van der Waals surface area (Å²) in [5.41, 5.74) is 0.106. The average molecular weight is 350 g/mol. The van der Waals surface area contributed by atoms with E-state index in [1.165, 1.54) is 31.2 Å². The molecule has 7 heteroatoms. The Hall–Kier alpha value is -2.73. The molecule has 24 heavy (non-hydrogen) atoms. The number of ether oxygens (including phenoxy) is 1. The first-order valence-electron chi connectivity index (χ1n) is 6.90. The van der Waals surface area contributed by atoms with E-state index in [9.17, 15) is 18.8 Å². The van der Waals surface area contributed by atoms with Crippen molar-refractivity contribution in [2.24, 2.45) is 0 Å². The molecule has 0 unspecified atom stereocenters. The summed E-state index contributed by atoms with van der Waals surface area (Å²) in [4.78, 5) is 34.8. The summed E-state index contributed by atoms with van der Waals surface area (Å²) >= 11 is 5.86. The maximum absolute atomic E-state index is 13.9. The van der Waals surface area contributed by atoms with E-state index in [0.717, 1.165) is 6.07 Å². The summed E-state index contributed by atoms with van der Waals surface area (Å²) in [6.07, 6.45) is 0. The van der Waals surface area contributed by atoms with Crippen LogP contribution in [0.4, 0.5) is 10.1 Å². The number of rotatable bonds is 5. The quantitative estimate of drug-likeness (QED) is 0.662. The van der Waals surface area contributed by atoms with Crippen LogP contribution in [-0.2, 0) is 9.53 Å². The zero-order valence-electron chi connectivity index (χ0n) is 12.6. The van der Waals surface area contributed by atoms with Gasteiger partial charge in [-0.1, -0.05) is 23.7 Å². The summed E-state index contributed by atoms with van der Waals surface area (Å²) in [7, 11) is 0. The number of anilines is 1. The Morgan fingerprint density at radius 3 is 2.46 bits per heavy atom. The maximum atomic E-state index is 13.9. The minimum atomic E-state index is -0.819. The highest BCUT2D eigenvalue weighted by Crippen LogP contribution is 2.17. The smallest absolute Gasteiger partial charge is 0.340 e. The summed E-state index contributed by atoms with van der Waals surface area (Å²) in [6, 6.07) is 9.84. The number of hydrogen-bond acceptors (Lipinski definition) is 4. The first-order valence-corrected chi connectivity index (χ1v) is 7.28. The van der Waals surface area contributed by atoms with Gasteiger partial charge in [0.05, 0.1) is 16.1 Å². The Bertz CT molecular complexity index is 807. The van der Waals surface area contributed by atoms with Gasteiger partial charge in [-0.3, -0.25) is 9.59 Å². The average Bonchev–Trinajstić information content (AvgIpc) is 2.52. The normalized spacial score (nSPS) is 10.1. The number of benzene rings is 2. The van der Waals surface area contributed by atoms with E-state index >= 15 is 0 Å². The molecule has 0 fully saturated rings. The SMILES string of the molecule is CC(=O)Nc1ccc(C(=O)COC(=O)c2ccccc2Cl)c(F)c1. The van der Waals surface area contributed by atoms with E-state index in [0.29, 0.717) is 0 Å². The number of carbonyl (C=O) groups excluding carboxylic acids is 3. The summed E-state index contributed by atoms with van der Waals surface area (Å²) in [6.45, 7) is 0.658. The Kier molecular flexibility index (Phi) is 5.65. The second-order valence-corrected chi connectivity index (χ2v) is 5.26. The van der Waals surface area contributed by atoms with Crippen LogP contribution in [0.15, 0.2) is 42.5 Å². The number of esters is 1. The minimum absolute atomic E-state index is 0.119. The molecule has 1 amide bonds. The number of halogens is 2. The predicted molar refractivity (Wildman–Crippen MR) is 86.8 cm³/mol. The Labute approximate surface area is 142 Å². The molecule has 2 rings (SSSR count). The van der Waals surface area contributed by atoms with Crippen LogP contribution in [0.3, 0.4) is 0 Å². The van der Waals surface area contributed by atoms with Gasteiger partial charge in [-0.2, -0.15) is 0 Å². The van der Waals surface area contributed by atoms with Gasteiger partial charge in [0.1, 0.15) is 5.82 Å². The van der Waals surface area contributed by atoms with Crippen LogP contribution >= 0.6 is 11.6 Å². The van der Waals surface area contributed by atoms with Gasteiger partial charge in [-0.15, -0.1) is 0 Å². The zero-order chi connectivity index (χ0) is 17.7. The van der Waals surface area contributed by atoms with Crippen molar-refractivity contribution in [3.63, 3.8) is 0 Å². The second kappa shape index (κ2) is 7.70. The predicted octanol–water partition coefficient (Wildman–Crippen LogP) is 3.48. The molecule has 2 aromatic carbocycles. The Morgan fingerprint density at radius 1 is 1.12 bits per heavy atom. The van der Waals surface area contributed by atoms with Crippen molar-refractivity contribution in [2.75, 3.05) is 11.9 Å². The number of Topliss-reactive ketones (excluding diaryl/α,β-unsaturated/α-hetero) is 1. The highest BCUT2D eigenvalue weighted by atomic mass is 35.5. The van der Waals surface area contributed by atoms with Crippen LogP contribution in [0.5, 0.6) is 0 Å². The monoisotopic (exact) mass is 349 g/mol. The summed E-state index contributed by atoms with van der Waals surface area (Å²) in [5, 5.41) is 2.59. The number of amides is 1. The van der Waals surface area contributed by atoms with E-state index < -0.39 is 24.2 Å². The third-order valence-corrected chi connectivity index (χ3v) is 3.35. The van der Waals surface area contributed by atoms with Gasteiger partial charge in [0, 0.05) is 12.6 Å². The topological polar surface area (TPSA) is 72.5 Å². The second-order valence-electron chi connectivity index (χ2n) is 4.85. The maximum Gasteiger partial charge on any atom is 0.340 e. The van der Waals surface area contributed by atoms with Crippen molar-refractivity contribution in [3.05, 3.63) is 64.4 Å². The van der Waals surface area contributed by atoms with Gasteiger partial charge in [0.25, 0.3) is 0 Å². The molecule has 0 bridgehead atoms. The van der Waals surface area contributed by atoms with Gasteiger partial charge in [-0.25, -0.2) is 9.18 Å². The zero-order valence-corrected chi connectivity index (χ0v) is 13.4. The number of nitrogens with one attached hydrogen (secondary N) is 1. The lowest BCUT2D eigenvalue weighted by Crippen LogP contribution is -2.16. The molecular weight excluding hydrogens is 337 g/mol. The summed E-state index contributed by atoms with van der Waals surface area (Å²) < 4.78 is 18.8. The van der Waals surface area contributed by atoms with E-state index in [-0.39, 0.29) is 27.7 Å². The number of carbonyl (C=O) groups is 3.